The highest BCUT2D eigenvalue weighted by Crippen LogP contribution is 2.39. The summed E-state index contributed by atoms with van der Waals surface area (Å²) in [6.45, 7) is -0.493. The summed E-state index contributed by atoms with van der Waals surface area (Å²) in [5.74, 6) is -4.24. The Kier molecular flexibility index (Phi) is 7.11. The molecule has 5 unspecified atom stereocenters. The zero-order valence-electron chi connectivity index (χ0n) is 18.7. The van der Waals surface area contributed by atoms with E-state index in [1.807, 2.05) is 0 Å². The summed E-state index contributed by atoms with van der Waals surface area (Å²) >= 11 is 0. The molecule has 8 N–H and O–H groups in total. The van der Waals surface area contributed by atoms with Crippen molar-refractivity contribution in [3.05, 3.63) is 40.6 Å². The van der Waals surface area contributed by atoms with E-state index < -0.39 is 59.0 Å². The van der Waals surface area contributed by atoms with Gasteiger partial charge in [-0.1, -0.05) is 0 Å². The highest BCUT2D eigenvalue weighted by atomic mass is 16.7. The lowest BCUT2D eigenvalue weighted by Crippen LogP contribution is -2.61. The molecule has 0 amide bonds. The number of carbonyl (C=O) groups is 1. The van der Waals surface area contributed by atoms with Gasteiger partial charge in [0.1, 0.15) is 47.4 Å². The predicted molar refractivity (Wildman–Crippen MR) is 120 cm³/mol. The Hall–Kier alpha value is -4.08. The Bertz CT molecular complexity index is 1380. The van der Waals surface area contributed by atoms with E-state index in [2.05, 4.69) is 0 Å². The number of carboxylic acids is 1. The number of rotatable bonds is 7. The van der Waals surface area contributed by atoms with Crippen molar-refractivity contribution in [2.24, 2.45) is 0 Å². The quantitative estimate of drug-likeness (QED) is 0.190. The van der Waals surface area contributed by atoms with Gasteiger partial charge < -0.3 is 59.5 Å². The maximum Gasteiger partial charge on any atom is 0.335 e. The highest BCUT2D eigenvalue weighted by Gasteiger charge is 2.48. The minimum atomic E-state index is -1.95. The Morgan fingerprint density at radius 2 is 1.70 bits per heavy atom. The van der Waals surface area contributed by atoms with E-state index in [0.717, 1.165) is 12.1 Å². The maximum absolute atomic E-state index is 12.8. The van der Waals surface area contributed by atoms with Crippen LogP contribution in [0.5, 0.6) is 28.7 Å². The standard InChI is InChI=1S/C23H22O14/c24-3-4-34-12-5-8(1-2-10(12)25)20-17(29)15(27)14-11(26)6-9(7-13(14)36-20)35-23-19(31)16(28)18(30)21(37-23)22(32)33/h1-2,5-7,16,18-19,21,23-26,28-31H,3-4H2,(H,32,33). The van der Waals surface area contributed by atoms with Gasteiger partial charge in [-0.15, -0.1) is 0 Å². The molecular formula is C23H22O14. The van der Waals surface area contributed by atoms with Gasteiger partial charge in [-0.2, -0.15) is 0 Å². The summed E-state index contributed by atoms with van der Waals surface area (Å²) < 4.78 is 21.3. The van der Waals surface area contributed by atoms with Gasteiger partial charge in [-0.25, -0.2) is 4.79 Å². The number of carboxylic acid groups (broad SMARTS) is 1. The van der Waals surface area contributed by atoms with Crippen LogP contribution in [-0.4, -0.2) is 90.7 Å². The largest absolute Gasteiger partial charge is 0.507 e. The van der Waals surface area contributed by atoms with E-state index in [1.165, 1.54) is 18.2 Å². The van der Waals surface area contributed by atoms with Crippen LogP contribution in [0, 0.1) is 0 Å². The van der Waals surface area contributed by atoms with Gasteiger partial charge in [0.2, 0.25) is 17.5 Å². The van der Waals surface area contributed by atoms with Crippen molar-refractivity contribution in [3.63, 3.8) is 0 Å². The number of aliphatic hydroxyl groups is 4. The highest BCUT2D eigenvalue weighted by molar-refractivity contribution is 5.88. The maximum atomic E-state index is 12.8. The molecule has 4 rings (SSSR count). The normalized spacial score (nSPS) is 23.6. The molecule has 1 saturated heterocycles. The van der Waals surface area contributed by atoms with Crippen LogP contribution in [0.2, 0.25) is 0 Å². The van der Waals surface area contributed by atoms with Crippen LogP contribution in [0.25, 0.3) is 22.3 Å². The summed E-state index contributed by atoms with van der Waals surface area (Å²) in [6, 6.07) is 5.72. The lowest BCUT2D eigenvalue weighted by molar-refractivity contribution is -0.271. The van der Waals surface area contributed by atoms with E-state index >= 15 is 0 Å². The van der Waals surface area contributed by atoms with Crippen molar-refractivity contribution >= 4 is 16.9 Å². The molecule has 198 valence electrons. The minimum absolute atomic E-state index is 0.0780. The molecule has 0 saturated carbocycles. The Balaban J connectivity index is 1.75. The number of phenols is 2. The monoisotopic (exact) mass is 522 g/mol. The van der Waals surface area contributed by atoms with Crippen LogP contribution in [0.3, 0.4) is 0 Å². The number of hydrogen-bond donors (Lipinski definition) is 8. The lowest BCUT2D eigenvalue weighted by Gasteiger charge is -2.38. The van der Waals surface area contributed by atoms with Gasteiger partial charge in [0.15, 0.2) is 23.4 Å². The van der Waals surface area contributed by atoms with Crippen LogP contribution in [0.15, 0.2) is 39.5 Å². The summed E-state index contributed by atoms with van der Waals surface area (Å²) in [5.41, 5.74) is -1.25. The smallest absolute Gasteiger partial charge is 0.335 e. The zero-order chi connectivity index (χ0) is 27.0. The Morgan fingerprint density at radius 3 is 2.38 bits per heavy atom. The minimum Gasteiger partial charge on any atom is -0.507 e. The molecule has 37 heavy (non-hydrogen) atoms. The van der Waals surface area contributed by atoms with Crippen molar-refractivity contribution in [1.82, 2.24) is 0 Å². The average Bonchev–Trinajstić information content (AvgIpc) is 2.85. The third-order valence-corrected chi connectivity index (χ3v) is 5.56. The summed E-state index contributed by atoms with van der Waals surface area (Å²) in [6.07, 6.45) is -9.51. The van der Waals surface area contributed by atoms with Crippen LogP contribution >= 0.6 is 0 Å². The molecule has 1 aliphatic rings. The second-order valence-corrected chi connectivity index (χ2v) is 8.03. The van der Waals surface area contributed by atoms with Crippen molar-refractivity contribution in [2.75, 3.05) is 13.2 Å². The summed E-state index contributed by atoms with van der Waals surface area (Å²) in [5, 5.41) is 78.4. The second-order valence-electron chi connectivity index (χ2n) is 8.03. The van der Waals surface area contributed by atoms with E-state index in [-0.39, 0.29) is 47.4 Å². The molecule has 2 aromatic carbocycles. The van der Waals surface area contributed by atoms with Gasteiger partial charge in [0.05, 0.1) is 6.61 Å². The van der Waals surface area contributed by atoms with Gasteiger partial charge in [-0.05, 0) is 18.2 Å². The molecule has 0 radical (unpaired) electrons. The van der Waals surface area contributed by atoms with Gasteiger partial charge in [-0.3, -0.25) is 4.79 Å². The molecule has 0 spiro atoms. The molecule has 1 fully saturated rings. The van der Waals surface area contributed by atoms with Crippen LogP contribution in [0.1, 0.15) is 0 Å². The van der Waals surface area contributed by atoms with Gasteiger partial charge in [0.25, 0.3) is 0 Å². The number of aliphatic carboxylic acids is 1. The van der Waals surface area contributed by atoms with Crippen molar-refractivity contribution in [2.45, 2.75) is 30.7 Å². The number of ether oxygens (including phenoxy) is 3. The van der Waals surface area contributed by atoms with E-state index in [4.69, 9.17) is 23.7 Å². The van der Waals surface area contributed by atoms with Crippen molar-refractivity contribution in [3.8, 4) is 40.1 Å². The van der Waals surface area contributed by atoms with Crippen molar-refractivity contribution < 1.29 is 64.3 Å². The van der Waals surface area contributed by atoms with Gasteiger partial charge in [0, 0.05) is 17.7 Å². The molecule has 2 heterocycles. The molecular weight excluding hydrogens is 500 g/mol. The first-order valence-corrected chi connectivity index (χ1v) is 10.7. The number of aliphatic hydroxyl groups excluding tert-OH is 4. The number of hydrogen-bond acceptors (Lipinski definition) is 13. The summed E-state index contributed by atoms with van der Waals surface area (Å²) in [4.78, 5) is 24.1. The number of aromatic hydroxyl groups is 3. The first-order valence-electron chi connectivity index (χ1n) is 10.7. The molecule has 14 heteroatoms. The van der Waals surface area contributed by atoms with E-state index in [9.17, 15) is 45.3 Å². The van der Waals surface area contributed by atoms with E-state index in [0.29, 0.717) is 0 Å². The molecule has 1 aliphatic heterocycles. The van der Waals surface area contributed by atoms with Gasteiger partial charge >= 0.3 is 5.97 Å². The fourth-order valence-corrected chi connectivity index (χ4v) is 3.74. The van der Waals surface area contributed by atoms with Crippen molar-refractivity contribution in [1.29, 1.82) is 0 Å². The first kappa shape index (κ1) is 26.0. The molecule has 14 nitrogen and oxygen atoms in total. The molecule has 5 atom stereocenters. The Labute approximate surface area is 206 Å². The van der Waals surface area contributed by atoms with Crippen LogP contribution < -0.4 is 14.9 Å². The molecule has 0 bridgehead atoms. The fraction of sp³-hybridized carbons (Fsp3) is 0.304. The van der Waals surface area contributed by atoms with E-state index in [1.54, 1.807) is 0 Å². The fourth-order valence-electron chi connectivity index (χ4n) is 3.74. The Morgan fingerprint density at radius 1 is 0.973 bits per heavy atom. The number of phenolic OH excluding ortho intramolecular Hbond substituents is 2. The molecule has 1 aromatic heterocycles. The molecule has 3 aromatic rings. The number of benzene rings is 2. The third-order valence-electron chi connectivity index (χ3n) is 5.56. The SMILES string of the molecule is O=C(O)C1OC(Oc2cc(O)c3c(=O)c(O)c(-c4ccc(O)c(OCCO)c4)oc3c2)C(O)C(O)C1O. The first-order chi connectivity index (χ1) is 17.5. The topological polar surface area (TPSA) is 237 Å². The predicted octanol–water partition coefficient (Wildman–Crippen LogP) is -0.781. The number of fused-ring (bicyclic) bond motifs is 1. The van der Waals surface area contributed by atoms with Crippen LogP contribution in [-0.2, 0) is 9.53 Å². The summed E-state index contributed by atoms with van der Waals surface area (Å²) in [7, 11) is 0. The lowest BCUT2D eigenvalue weighted by atomic mass is 9.99. The average molecular weight is 522 g/mol. The van der Waals surface area contributed by atoms with Crippen LogP contribution in [0.4, 0.5) is 0 Å². The second kappa shape index (κ2) is 10.1. The zero-order valence-corrected chi connectivity index (χ0v) is 18.7. The molecule has 0 aliphatic carbocycles. The third kappa shape index (κ3) is 4.83.